The molecule has 0 aromatic carbocycles. The molecule has 0 saturated carbocycles. The summed E-state index contributed by atoms with van der Waals surface area (Å²) in [7, 11) is 1.88. The molecule has 0 radical (unpaired) electrons. The van der Waals surface area contributed by atoms with E-state index in [9.17, 15) is 4.79 Å². The fourth-order valence-electron chi connectivity index (χ4n) is 3.36. The van der Waals surface area contributed by atoms with Crippen LogP contribution >= 0.6 is 22.7 Å². The molecule has 10 heteroatoms. The highest BCUT2D eigenvalue weighted by Crippen LogP contribution is 2.31. The van der Waals surface area contributed by atoms with E-state index in [1.165, 1.54) is 16.0 Å². The van der Waals surface area contributed by atoms with E-state index in [1.54, 1.807) is 17.5 Å². The molecular formula is C18H17N7OS2. The van der Waals surface area contributed by atoms with Crippen LogP contribution in [0.4, 0.5) is 5.13 Å². The fraction of sp³-hybridized carbons (Fsp3) is 0.222. The van der Waals surface area contributed by atoms with Crippen molar-refractivity contribution in [3.8, 4) is 0 Å². The molecule has 1 aliphatic rings. The Hall–Kier alpha value is -2.98. The summed E-state index contributed by atoms with van der Waals surface area (Å²) in [6, 6.07) is 0. The van der Waals surface area contributed by atoms with E-state index in [1.807, 2.05) is 17.0 Å². The van der Waals surface area contributed by atoms with Gasteiger partial charge in [-0.15, -0.1) is 22.7 Å². The summed E-state index contributed by atoms with van der Waals surface area (Å²) in [6.07, 6.45) is 8.70. The normalized spacial score (nSPS) is 14.0. The molecule has 8 nitrogen and oxygen atoms in total. The topological polar surface area (TPSA) is 104 Å². The van der Waals surface area contributed by atoms with Crippen LogP contribution in [-0.4, -0.2) is 30.9 Å². The van der Waals surface area contributed by atoms with E-state index in [0.29, 0.717) is 17.2 Å². The zero-order chi connectivity index (χ0) is 19.3. The Balaban J connectivity index is 1.56. The maximum Gasteiger partial charge on any atom is 0.291 e. The van der Waals surface area contributed by atoms with Crippen molar-refractivity contribution >= 4 is 49.1 Å². The Morgan fingerprint density at radius 2 is 2.25 bits per heavy atom. The Morgan fingerprint density at radius 1 is 1.36 bits per heavy atom. The highest BCUT2D eigenvalue weighted by molar-refractivity contribution is 7.19. The highest BCUT2D eigenvalue weighted by atomic mass is 32.1. The standard InChI is InChI=1S/C18H17N7OS2/c1-24-14-12(7-21-25(17(14)26)8-11-9-27-18(19)22-11)15-16(24)23-13(28-15)6-10-4-2-3-5-20-10/h2-4,7,9,20H,5-6,8H2,1H3,(H2,19,22). The van der Waals surface area contributed by atoms with Gasteiger partial charge in [0, 0.05) is 36.5 Å². The highest BCUT2D eigenvalue weighted by Gasteiger charge is 2.19. The SMILES string of the molecule is Cn1c2nc(CC3=CC=CCN3)sc2c2cnn(Cc3csc(N)n3)c(=O)c21. The average Bonchev–Trinajstić information content (AvgIpc) is 3.35. The zero-order valence-electron chi connectivity index (χ0n) is 15.0. The van der Waals surface area contributed by atoms with Gasteiger partial charge in [-0.3, -0.25) is 4.79 Å². The number of rotatable bonds is 4. The Bertz CT molecular complexity index is 1320. The lowest BCUT2D eigenvalue weighted by Gasteiger charge is -2.09. The van der Waals surface area contributed by atoms with Crippen molar-refractivity contribution in [1.29, 1.82) is 0 Å². The molecule has 1 aliphatic heterocycles. The lowest BCUT2D eigenvalue weighted by atomic mass is 10.2. The number of nitrogens with one attached hydrogen (secondary N) is 1. The molecule has 5 rings (SSSR count). The van der Waals surface area contributed by atoms with E-state index in [4.69, 9.17) is 10.7 Å². The van der Waals surface area contributed by atoms with Crippen LogP contribution in [0, 0.1) is 0 Å². The van der Waals surface area contributed by atoms with E-state index in [-0.39, 0.29) is 5.56 Å². The number of nitrogens with two attached hydrogens (primary N) is 1. The van der Waals surface area contributed by atoms with Gasteiger partial charge < -0.3 is 15.6 Å². The van der Waals surface area contributed by atoms with Gasteiger partial charge in [0.15, 0.2) is 10.8 Å². The van der Waals surface area contributed by atoms with Gasteiger partial charge in [0.05, 0.1) is 23.1 Å². The number of hydrogen-bond acceptors (Lipinski definition) is 8. The van der Waals surface area contributed by atoms with Gasteiger partial charge in [0.2, 0.25) is 0 Å². The fourth-order valence-corrected chi connectivity index (χ4v) is 5.04. The van der Waals surface area contributed by atoms with Crippen LogP contribution in [0.5, 0.6) is 0 Å². The number of hydrogen-bond donors (Lipinski definition) is 2. The first-order chi connectivity index (χ1) is 13.6. The molecule has 0 saturated heterocycles. The van der Waals surface area contributed by atoms with E-state index < -0.39 is 0 Å². The molecule has 3 N–H and O–H groups in total. The molecule has 5 heterocycles. The number of nitrogen functional groups attached to an aromatic ring is 1. The van der Waals surface area contributed by atoms with Crippen LogP contribution < -0.4 is 16.6 Å². The van der Waals surface area contributed by atoms with Crippen molar-refractivity contribution in [2.75, 3.05) is 12.3 Å². The van der Waals surface area contributed by atoms with Crippen molar-refractivity contribution in [3.63, 3.8) is 0 Å². The summed E-state index contributed by atoms with van der Waals surface area (Å²) in [6.45, 7) is 1.14. The summed E-state index contributed by atoms with van der Waals surface area (Å²) < 4.78 is 4.28. The van der Waals surface area contributed by atoms with E-state index >= 15 is 0 Å². The molecule has 0 spiro atoms. The maximum atomic E-state index is 13.0. The number of nitrogens with zero attached hydrogens (tertiary/aromatic N) is 5. The third kappa shape index (κ3) is 2.81. The average molecular weight is 412 g/mol. The van der Waals surface area contributed by atoms with Crippen LogP contribution in [0.25, 0.3) is 21.3 Å². The largest absolute Gasteiger partial charge is 0.385 e. The first-order valence-electron chi connectivity index (χ1n) is 8.73. The molecule has 0 atom stereocenters. The summed E-state index contributed by atoms with van der Waals surface area (Å²) in [5, 5.41) is 11.9. The van der Waals surface area contributed by atoms with Crippen molar-refractivity contribution in [2.45, 2.75) is 13.0 Å². The molecule has 0 aliphatic carbocycles. The first-order valence-corrected chi connectivity index (χ1v) is 10.4. The van der Waals surface area contributed by atoms with E-state index in [0.717, 1.165) is 45.1 Å². The zero-order valence-corrected chi connectivity index (χ0v) is 16.7. The van der Waals surface area contributed by atoms with Crippen LogP contribution in [0.15, 0.2) is 40.3 Å². The predicted molar refractivity (Wildman–Crippen MR) is 113 cm³/mol. The van der Waals surface area contributed by atoms with Crippen LogP contribution in [0.1, 0.15) is 10.7 Å². The van der Waals surface area contributed by atoms with Gasteiger partial charge in [-0.2, -0.15) is 5.10 Å². The number of aromatic nitrogens is 5. The summed E-state index contributed by atoms with van der Waals surface area (Å²) in [5.74, 6) is 0. The molecule has 0 fully saturated rings. The molecule has 0 bridgehead atoms. The van der Waals surface area contributed by atoms with Crippen molar-refractivity contribution in [3.05, 3.63) is 56.6 Å². The van der Waals surface area contributed by atoms with Gasteiger partial charge in [0.1, 0.15) is 10.5 Å². The summed E-state index contributed by atoms with van der Waals surface area (Å²) in [4.78, 5) is 22.0. The lowest BCUT2D eigenvalue weighted by Crippen LogP contribution is -2.24. The maximum absolute atomic E-state index is 13.0. The lowest BCUT2D eigenvalue weighted by molar-refractivity contribution is 0.635. The van der Waals surface area contributed by atoms with Gasteiger partial charge in [-0.05, 0) is 6.08 Å². The third-order valence-electron chi connectivity index (χ3n) is 4.67. The number of aryl methyl sites for hydroxylation is 1. The molecule has 4 aromatic rings. The Morgan fingerprint density at radius 3 is 3.00 bits per heavy atom. The van der Waals surface area contributed by atoms with Gasteiger partial charge in [0.25, 0.3) is 5.56 Å². The van der Waals surface area contributed by atoms with Crippen molar-refractivity contribution in [2.24, 2.45) is 7.05 Å². The molecule has 4 aromatic heterocycles. The quantitative estimate of drug-likeness (QED) is 0.532. The molecule has 0 amide bonds. The third-order valence-corrected chi connectivity index (χ3v) is 6.47. The number of fused-ring (bicyclic) bond motifs is 3. The number of thiazole rings is 2. The minimum Gasteiger partial charge on any atom is -0.385 e. The monoisotopic (exact) mass is 411 g/mol. The molecule has 28 heavy (non-hydrogen) atoms. The van der Waals surface area contributed by atoms with Gasteiger partial charge >= 0.3 is 0 Å². The van der Waals surface area contributed by atoms with Crippen LogP contribution in [-0.2, 0) is 20.0 Å². The Kier molecular flexibility index (Phi) is 4.02. The molecule has 0 unspecified atom stereocenters. The second-order valence-electron chi connectivity index (χ2n) is 6.54. The minimum absolute atomic E-state index is 0.153. The molecular weight excluding hydrogens is 394 g/mol. The smallest absolute Gasteiger partial charge is 0.291 e. The van der Waals surface area contributed by atoms with Crippen molar-refractivity contribution in [1.82, 2.24) is 29.6 Å². The van der Waals surface area contributed by atoms with Crippen LogP contribution in [0.2, 0.25) is 0 Å². The number of allylic oxidation sites excluding steroid dienone is 3. The first kappa shape index (κ1) is 17.1. The number of anilines is 1. The summed E-state index contributed by atoms with van der Waals surface area (Å²) >= 11 is 2.96. The minimum atomic E-state index is -0.153. The van der Waals surface area contributed by atoms with Crippen molar-refractivity contribution < 1.29 is 0 Å². The van der Waals surface area contributed by atoms with Gasteiger partial charge in [-0.25, -0.2) is 14.6 Å². The number of dihydropyridines is 1. The summed E-state index contributed by atoms with van der Waals surface area (Å²) in [5.41, 5.74) is 8.83. The van der Waals surface area contributed by atoms with Crippen LogP contribution in [0.3, 0.4) is 0 Å². The molecule has 142 valence electrons. The Labute approximate surface area is 167 Å². The van der Waals surface area contributed by atoms with E-state index in [2.05, 4.69) is 33.6 Å². The second-order valence-corrected chi connectivity index (χ2v) is 8.52. The predicted octanol–water partition coefficient (Wildman–Crippen LogP) is 2.02. The van der Waals surface area contributed by atoms with Gasteiger partial charge in [-0.1, -0.05) is 12.2 Å². The second kappa shape index (κ2) is 6.57.